The van der Waals surface area contributed by atoms with Gasteiger partial charge in [-0.05, 0) is 42.2 Å². The minimum Gasteiger partial charge on any atom is -0.469 e. The summed E-state index contributed by atoms with van der Waals surface area (Å²) >= 11 is 0. The largest absolute Gasteiger partial charge is 0.469 e. The maximum Gasteiger partial charge on any atom is 0.387 e. The molecule has 1 atom stereocenters. The van der Waals surface area contributed by atoms with Crippen molar-refractivity contribution in [1.82, 2.24) is 4.72 Å². The molecule has 0 amide bonds. The van der Waals surface area contributed by atoms with Crippen LogP contribution >= 0.6 is 10.7 Å². The number of ether oxygens (including phenoxy) is 2. The lowest BCUT2D eigenvalue weighted by molar-refractivity contribution is -0.0508. The molecule has 0 aliphatic heterocycles. The third-order valence-electron chi connectivity index (χ3n) is 6.03. The van der Waals surface area contributed by atoms with Crippen molar-refractivity contribution in [1.29, 1.82) is 10.5 Å². The average molecular weight is 664 g/mol. The van der Waals surface area contributed by atoms with E-state index in [-0.39, 0.29) is 5.41 Å². The zero-order valence-electron chi connectivity index (χ0n) is 22.2. The van der Waals surface area contributed by atoms with Crippen molar-refractivity contribution in [2.75, 3.05) is 0 Å². The van der Waals surface area contributed by atoms with Gasteiger partial charge in [0.15, 0.2) is 0 Å². The van der Waals surface area contributed by atoms with Crippen LogP contribution in [0.25, 0.3) is 0 Å². The Kier molecular flexibility index (Phi) is 10.3. The summed E-state index contributed by atoms with van der Waals surface area (Å²) in [5.41, 5.74) is -0.474. The Hall–Kier alpha value is -3.83. The van der Waals surface area contributed by atoms with E-state index < -0.39 is 70.8 Å². The molecule has 230 valence electrons. The van der Waals surface area contributed by atoms with E-state index in [1.165, 1.54) is 24.5 Å². The molecule has 10 nitrogen and oxygen atoms in total. The highest BCUT2D eigenvalue weighted by Crippen LogP contribution is 2.42. The summed E-state index contributed by atoms with van der Waals surface area (Å²) in [6, 6.07) is 11.0. The summed E-state index contributed by atoms with van der Waals surface area (Å²) in [6.07, 6.45) is 2.70. The molecule has 1 aliphatic carbocycles. The Labute approximate surface area is 248 Å². The van der Waals surface area contributed by atoms with Crippen molar-refractivity contribution in [3.63, 3.8) is 0 Å². The summed E-state index contributed by atoms with van der Waals surface area (Å²) in [4.78, 5) is -0.966. The summed E-state index contributed by atoms with van der Waals surface area (Å²) in [7, 11) is -3.32. The third-order valence-corrected chi connectivity index (χ3v) is 8.91. The fraction of sp³-hybridized carbons (Fsp3) is 0.308. The first-order valence-corrected chi connectivity index (χ1v) is 15.8. The van der Waals surface area contributed by atoms with Gasteiger partial charge in [-0.2, -0.15) is 28.1 Å². The van der Waals surface area contributed by atoms with Gasteiger partial charge in [-0.15, -0.1) is 0 Å². The van der Waals surface area contributed by atoms with Crippen LogP contribution in [0.1, 0.15) is 48.8 Å². The maximum atomic E-state index is 12.9. The Morgan fingerprint density at radius 2 is 1.44 bits per heavy atom. The van der Waals surface area contributed by atoms with Crippen molar-refractivity contribution in [2.45, 2.75) is 55.7 Å². The van der Waals surface area contributed by atoms with Gasteiger partial charge in [0, 0.05) is 22.7 Å². The van der Waals surface area contributed by atoms with Gasteiger partial charge in [0.1, 0.15) is 50.3 Å². The topological polar surface area (TPSA) is 159 Å². The summed E-state index contributed by atoms with van der Waals surface area (Å²) in [5.74, 6) is -0.309. The minimum absolute atomic E-state index is 0.198. The van der Waals surface area contributed by atoms with Crippen LogP contribution in [0.3, 0.4) is 0 Å². The monoisotopic (exact) mass is 663 g/mol. The Bertz CT molecular complexity index is 1780. The average Bonchev–Trinajstić information content (AvgIpc) is 3.35. The van der Waals surface area contributed by atoms with Crippen LogP contribution in [-0.2, 0) is 25.5 Å². The summed E-state index contributed by atoms with van der Waals surface area (Å²) < 4.78 is 113. The Morgan fingerprint density at radius 3 is 1.93 bits per heavy atom. The number of nitriles is 2. The molecule has 2 aromatic carbocycles. The lowest BCUT2D eigenvalue weighted by atomic mass is 9.75. The molecule has 0 saturated carbocycles. The number of sulfonamides is 1. The first-order valence-electron chi connectivity index (χ1n) is 12.0. The molecule has 4 rings (SSSR count). The SMILES string of the molecule is CC1(C)Cc2occc2C(NS(=O)(=O)c2cccc(OC(F)F)c2C#N)C1.N#Cc1c(OC(F)F)cccc1S(=O)(=O)Cl. The normalized spacial score (nSPS) is 15.9. The molecule has 17 heteroatoms. The number of rotatable bonds is 8. The van der Waals surface area contributed by atoms with Gasteiger partial charge in [-0.25, -0.2) is 21.6 Å². The van der Waals surface area contributed by atoms with E-state index in [0.717, 1.165) is 29.8 Å². The van der Waals surface area contributed by atoms with E-state index in [1.807, 2.05) is 13.8 Å². The predicted octanol–water partition coefficient (Wildman–Crippen LogP) is 5.83. The van der Waals surface area contributed by atoms with Crippen LogP contribution < -0.4 is 14.2 Å². The van der Waals surface area contributed by atoms with Crippen LogP contribution in [0.5, 0.6) is 11.5 Å². The number of hydrogen-bond acceptors (Lipinski definition) is 9. The number of furan rings is 1. The van der Waals surface area contributed by atoms with Gasteiger partial charge in [-0.3, -0.25) is 0 Å². The zero-order chi connectivity index (χ0) is 32.2. The molecular formula is C26H22ClF4N3O7S2. The van der Waals surface area contributed by atoms with Crippen LogP contribution in [0, 0.1) is 28.1 Å². The summed E-state index contributed by atoms with van der Waals surface area (Å²) in [5, 5.41) is 18.0. The fourth-order valence-electron chi connectivity index (χ4n) is 4.39. The number of benzene rings is 2. The fourth-order valence-corrected chi connectivity index (χ4v) is 6.79. The predicted molar refractivity (Wildman–Crippen MR) is 142 cm³/mol. The van der Waals surface area contributed by atoms with E-state index in [9.17, 15) is 39.7 Å². The van der Waals surface area contributed by atoms with Crippen molar-refractivity contribution in [3.8, 4) is 23.6 Å². The third kappa shape index (κ3) is 8.39. The molecule has 1 heterocycles. The highest BCUT2D eigenvalue weighted by molar-refractivity contribution is 8.13. The van der Waals surface area contributed by atoms with Gasteiger partial charge in [0.25, 0.3) is 9.05 Å². The lowest BCUT2D eigenvalue weighted by Crippen LogP contribution is -2.36. The molecule has 1 unspecified atom stereocenters. The molecule has 0 saturated heterocycles. The number of fused-ring (bicyclic) bond motifs is 1. The number of nitrogens with one attached hydrogen (secondary N) is 1. The lowest BCUT2D eigenvalue weighted by Gasteiger charge is -2.34. The van der Waals surface area contributed by atoms with Crippen molar-refractivity contribution in [2.24, 2.45) is 5.41 Å². The number of hydrogen-bond donors (Lipinski definition) is 1. The second-order valence-electron chi connectivity index (χ2n) is 9.70. The van der Waals surface area contributed by atoms with Crippen LogP contribution in [0.2, 0.25) is 0 Å². The van der Waals surface area contributed by atoms with Gasteiger partial charge in [0.05, 0.1) is 12.3 Å². The highest BCUT2D eigenvalue weighted by atomic mass is 35.7. The smallest absolute Gasteiger partial charge is 0.387 e. The first-order chi connectivity index (χ1) is 20.0. The van der Waals surface area contributed by atoms with E-state index in [0.29, 0.717) is 18.6 Å². The molecule has 1 aromatic heterocycles. The van der Waals surface area contributed by atoms with E-state index in [1.54, 1.807) is 12.1 Å². The molecular weight excluding hydrogens is 642 g/mol. The highest BCUT2D eigenvalue weighted by Gasteiger charge is 2.37. The van der Waals surface area contributed by atoms with Crippen molar-refractivity contribution in [3.05, 3.63) is 71.2 Å². The van der Waals surface area contributed by atoms with Crippen LogP contribution in [0.15, 0.2) is 62.9 Å². The molecule has 3 aromatic rings. The number of halogens is 5. The van der Waals surface area contributed by atoms with Crippen LogP contribution in [0.4, 0.5) is 17.6 Å². The zero-order valence-corrected chi connectivity index (χ0v) is 24.6. The van der Waals surface area contributed by atoms with Gasteiger partial charge in [-0.1, -0.05) is 26.0 Å². The van der Waals surface area contributed by atoms with E-state index in [4.69, 9.17) is 20.4 Å². The van der Waals surface area contributed by atoms with Gasteiger partial charge >= 0.3 is 13.2 Å². The maximum absolute atomic E-state index is 12.9. The molecule has 0 fully saturated rings. The molecule has 43 heavy (non-hydrogen) atoms. The first kappa shape index (κ1) is 33.7. The van der Waals surface area contributed by atoms with Gasteiger partial charge < -0.3 is 13.9 Å². The van der Waals surface area contributed by atoms with Crippen molar-refractivity contribution >= 4 is 29.8 Å². The number of alkyl halides is 4. The van der Waals surface area contributed by atoms with Crippen LogP contribution in [-0.4, -0.2) is 30.1 Å². The molecule has 0 radical (unpaired) electrons. The van der Waals surface area contributed by atoms with E-state index >= 15 is 0 Å². The Morgan fingerprint density at radius 1 is 0.930 bits per heavy atom. The summed E-state index contributed by atoms with van der Waals surface area (Å²) in [6.45, 7) is -2.33. The molecule has 1 N–H and O–H groups in total. The minimum atomic E-state index is -4.18. The molecule has 0 spiro atoms. The van der Waals surface area contributed by atoms with E-state index in [2.05, 4.69) is 14.2 Å². The number of nitrogens with zero attached hydrogens (tertiary/aromatic N) is 2. The van der Waals surface area contributed by atoms with Crippen molar-refractivity contribution < 1.29 is 48.3 Å². The second-order valence-corrected chi connectivity index (χ2v) is 13.9. The quantitative estimate of drug-likeness (QED) is 0.231. The van der Waals surface area contributed by atoms with Gasteiger partial charge in [0.2, 0.25) is 10.0 Å². The second kappa shape index (κ2) is 13.2. The standard InChI is InChI=1S/C18H18F2N2O4S.C8H4ClF2NO3S/c1-18(2)8-13(11-6-7-25-15(11)9-18)22-27(23,24)16-5-3-4-14(12(16)10-21)26-17(19)20;9-16(13,14)7-3-1-2-6(5(7)4-12)15-8(10)11/h3-7,13,17,22H,8-9H2,1-2H3;1-3,8H. The molecule has 0 bridgehead atoms. The molecule has 1 aliphatic rings. The Balaban J connectivity index is 0.000000271.